The number of halogens is 2. The Kier molecular flexibility index (Phi) is 5.76. The van der Waals surface area contributed by atoms with Gasteiger partial charge in [-0.2, -0.15) is 0 Å². The van der Waals surface area contributed by atoms with Gasteiger partial charge in [0, 0.05) is 10.7 Å². The van der Waals surface area contributed by atoms with Crippen molar-refractivity contribution in [3.05, 3.63) is 22.7 Å². The molecule has 0 bridgehead atoms. The third kappa shape index (κ3) is 4.85. The van der Waals surface area contributed by atoms with E-state index in [-0.39, 0.29) is 4.90 Å². The Hall–Kier alpha value is -0.260. The van der Waals surface area contributed by atoms with Crippen LogP contribution in [0.15, 0.2) is 27.6 Å². The van der Waals surface area contributed by atoms with Crippen LogP contribution in [-0.2, 0) is 9.05 Å². The normalized spacial score (nSPS) is 11.5. The molecule has 0 aliphatic heterocycles. The van der Waals surface area contributed by atoms with Gasteiger partial charge in [-0.25, -0.2) is 8.42 Å². The zero-order valence-electron chi connectivity index (χ0n) is 9.45. The lowest BCUT2D eigenvalue weighted by Gasteiger charge is -2.08. The largest absolute Gasteiger partial charge is 0.492 e. The second kappa shape index (κ2) is 6.61. The summed E-state index contributed by atoms with van der Waals surface area (Å²) in [5.74, 6) is 0.630. The van der Waals surface area contributed by atoms with Crippen LogP contribution in [0.3, 0.4) is 0 Å². The van der Waals surface area contributed by atoms with Crippen LogP contribution in [0.4, 0.5) is 0 Å². The van der Waals surface area contributed by atoms with Crippen LogP contribution in [0.25, 0.3) is 0 Å². The van der Waals surface area contributed by atoms with Gasteiger partial charge in [-0.3, -0.25) is 0 Å². The standard InChI is InChI=1S/C11H14BrClO3S/c1-2-3-4-7-16-11-6-5-9(8-10(11)12)17(13,14)15/h5-6,8H,2-4,7H2,1H3. The predicted molar refractivity (Wildman–Crippen MR) is 72.2 cm³/mol. The summed E-state index contributed by atoms with van der Waals surface area (Å²) in [5.41, 5.74) is 0. The fourth-order valence-corrected chi connectivity index (χ4v) is 2.71. The van der Waals surface area contributed by atoms with E-state index in [1.165, 1.54) is 12.1 Å². The van der Waals surface area contributed by atoms with E-state index >= 15 is 0 Å². The summed E-state index contributed by atoms with van der Waals surface area (Å²) < 4.78 is 28.3. The Morgan fingerprint density at radius 3 is 2.59 bits per heavy atom. The molecule has 1 rings (SSSR count). The molecule has 17 heavy (non-hydrogen) atoms. The Morgan fingerprint density at radius 2 is 2.06 bits per heavy atom. The molecule has 1 aromatic carbocycles. The van der Waals surface area contributed by atoms with Crippen molar-refractivity contribution in [3.8, 4) is 5.75 Å². The monoisotopic (exact) mass is 340 g/mol. The zero-order chi connectivity index (χ0) is 12.9. The maximum Gasteiger partial charge on any atom is 0.261 e. The molecular formula is C11H14BrClO3S. The van der Waals surface area contributed by atoms with E-state index < -0.39 is 9.05 Å². The Labute approximate surface area is 115 Å². The first kappa shape index (κ1) is 14.8. The molecule has 0 N–H and O–H groups in total. The molecule has 6 heteroatoms. The topological polar surface area (TPSA) is 43.4 Å². The van der Waals surface area contributed by atoms with Gasteiger partial charge < -0.3 is 4.74 Å². The van der Waals surface area contributed by atoms with Crippen molar-refractivity contribution in [1.29, 1.82) is 0 Å². The molecule has 0 heterocycles. The first-order chi connectivity index (χ1) is 7.95. The Bertz CT molecular complexity index is 474. The van der Waals surface area contributed by atoms with Crippen LogP contribution in [0.5, 0.6) is 5.75 Å². The molecule has 3 nitrogen and oxygen atoms in total. The maximum absolute atomic E-state index is 11.1. The van der Waals surface area contributed by atoms with Crippen molar-refractivity contribution in [1.82, 2.24) is 0 Å². The molecule has 0 spiro atoms. The molecule has 0 aliphatic rings. The van der Waals surface area contributed by atoms with Crippen LogP contribution in [0, 0.1) is 0 Å². The average Bonchev–Trinajstić information content (AvgIpc) is 2.24. The number of rotatable bonds is 6. The van der Waals surface area contributed by atoms with E-state index in [0.29, 0.717) is 16.8 Å². The highest BCUT2D eigenvalue weighted by Gasteiger charge is 2.12. The van der Waals surface area contributed by atoms with Gasteiger partial charge in [-0.15, -0.1) is 0 Å². The molecule has 0 radical (unpaired) electrons. The molecule has 0 atom stereocenters. The number of hydrogen-bond donors (Lipinski definition) is 0. The highest BCUT2D eigenvalue weighted by molar-refractivity contribution is 9.10. The number of benzene rings is 1. The van der Waals surface area contributed by atoms with Gasteiger partial charge in [-0.05, 0) is 40.5 Å². The predicted octanol–water partition coefficient (Wildman–Crippen LogP) is 3.95. The Balaban J connectivity index is 2.70. The number of hydrogen-bond acceptors (Lipinski definition) is 3. The molecular weight excluding hydrogens is 328 g/mol. The molecule has 0 aromatic heterocycles. The van der Waals surface area contributed by atoms with E-state index in [0.717, 1.165) is 19.3 Å². The summed E-state index contributed by atoms with van der Waals surface area (Å²) >= 11 is 3.26. The van der Waals surface area contributed by atoms with Crippen molar-refractivity contribution in [2.24, 2.45) is 0 Å². The van der Waals surface area contributed by atoms with Gasteiger partial charge in [0.15, 0.2) is 0 Å². The summed E-state index contributed by atoms with van der Waals surface area (Å²) in [6.45, 7) is 2.75. The molecule has 96 valence electrons. The van der Waals surface area contributed by atoms with Crippen LogP contribution in [0.1, 0.15) is 26.2 Å². The second-order valence-electron chi connectivity index (χ2n) is 3.59. The minimum Gasteiger partial charge on any atom is -0.492 e. The summed E-state index contributed by atoms with van der Waals surface area (Å²) in [6, 6.07) is 4.48. The fourth-order valence-electron chi connectivity index (χ4n) is 1.28. The number of ether oxygens (including phenoxy) is 1. The minimum absolute atomic E-state index is 0.0620. The summed E-state index contributed by atoms with van der Waals surface area (Å²) in [5, 5.41) is 0. The lowest BCUT2D eigenvalue weighted by Crippen LogP contribution is -1.98. The van der Waals surface area contributed by atoms with Crippen LogP contribution < -0.4 is 4.74 Å². The summed E-state index contributed by atoms with van der Waals surface area (Å²) in [6.07, 6.45) is 3.23. The lowest BCUT2D eigenvalue weighted by molar-refractivity contribution is 0.304. The van der Waals surface area contributed by atoms with Crippen molar-refractivity contribution >= 4 is 35.7 Å². The Morgan fingerprint density at radius 1 is 1.35 bits per heavy atom. The third-order valence-electron chi connectivity index (χ3n) is 2.19. The van der Waals surface area contributed by atoms with E-state index in [2.05, 4.69) is 22.9 Å². The first-order valence-electron chi connectivity index (χ1n) is 5.32. The highest BCUT2D eigenvalue weighted by Crippen LogP contribution is 2.29. The van der Waals surface area contributed by atoms with E-state index in [9.17, 15) is 8.42 Å². The zero-order valence-corrected chi connectivity index (χ0v) is 12.6. The van der Waals surface area contributed by atoms with E-state index in [1.54, 1.807) is 6.07 Å². The van der Waals surface area contributed by atoms with Gasteiger partial charge in [-0.1, -0.05) is 19.8 Å². The fraction of sp³-hybridized carbons (Fsp3) is 0.455. The quantitative estimate of drug-likeness (QED) is 0.581. The lowest BCUT2D eigenvalue weighted by atomic mass is 10.3. The molecule has 0 fully saturated rings. The summed E-state index contributed by atoms with van der Waals surface area (Å²) in [7, 11) is 1.55. The highest BCUT2D eigenvalue weighted by atomic mass is 79.9. The number of unbranched alkanes of at least 4 members (excludes halogenated alkanes) is 2. The van der Waals surface area contributed by atoms with E-state index in [4.69, 9.17) is 15.4 Å². The molecule has 0 saturated heterocycles. The van der Waals surface area contributed by atoms with Gasteiger partial charge in [0.25, 0.3) is 9.05 Å². The van der Waals surface area contributed by atoms with Crippen molar-refractivity contribution < 1.29 is 13.2 Å². The van der Waals surface area contributed by atoms with Crippen molar-refractivity contribution in [2.75, 3.05) is 6.61 Å². The summed E-state index contributed by atoms with van der Waals surface area (Å²) in [4.78, 5) is 0.0620. The smallest absolute Gasteiger partial charge is 0.261 e. The first-order valence-corrected chi connectivity index (χ1v) is 8.42. The van der Waals surface area contributed by atoms with Gasteiger partial charge in [0.05, 0.1) is 16.0 Å². The van der Waals surface area contributed by atoms with Crippen LogP contribution in [0.2, 0.25) is 0 Å². The van der Waals surface area contributed by atoms with E-state index in [1.807, 2.05) is 0 Å². The van der Waals surface area contributed by atoms with Crippen molar-refractivity contribution in [3.63, 3.8) is 0 Å². The third-order valence-corrected chi connectivity index (χ3v) is 4.16. The molecule has 0 amide bonds. The van der Waals surface area contributed by atoms with Crippen LogP contribution in [-0.4, -0.2) is 15.0 Å². The van der Waals surface area contributed by atoms with Crippen LogP contribution >= 0.6 is 26.6 Å². The maximum atomic E-state index is 11.1. The minimum atomic E-state index is -3.68. The van der Waals surface area contributed by atoms with Gasteiger partial charge in [0.1, 0.15) is 5.75 Å². The molecule has 0 aliphatic carbocycles. The molecule has 0 unspecified atom stereocenters. The molecule has 0 saturated carbocycles. The van der Waals surface area contributed by atoms with Gasteiger partial charge in [0.2, 0.25) is 0 Å². The average molecular weight is 342 g/mol. The molecule has 1 aromatic rings. The van der Waals surface area contributed by atoms with Gasteiger partial charge >= 0.3 is 0 Å². The SMILES string of the molecule is CCCCCOc1ccc(S(=O)(=O)Cl)cc1Br. The second-order valence-corrected chi connectivity index (χ2v) is 7.01. The van der Waals surface area contributed by atoms with Crippen molar-refractivity contribution in [2.45, 2.75) is 31.1 Å².